The Morgan fingerprint density at radius 2 is 1.83 bits per heavy atom. The molecule has 0 N–H and O–H groups in total. The smallest absolute Gasteiger partial charge is 0.410 e. The van der Waals surface area contributed by atoms with E-state index in [0.717, 1.165) is 0 Å². The number of carbonyl (C=O) groups is 2. The lowest BCUT2D eigenvalue weighted by molar-refractivity contribution is -0.0129. The fraction of sp³-hybridized carbons (Fsp3) is 0.588. The Balaban J connectivity index is 2.07. The molecule has 2 rings (SSSR count). The first kappa shape index (κ1) is 17.2. The van der Waals surface area contributed by atoms with Gasteiger partial charge in [0.05, 0.1) is 17.6 Å². The minimum atomic E-state index is -0.529. The molecule has 2 heterocycles. The van der Waals surface area contributed by atoms with E-state index in [4.69, 9.17) is 4.74 Å². The number of piperazine rings is 1. The van der Waals surface area contributed by atoms with Crippen molar-refractivity contribution in [1.29, 1.82) is 0 Å². The molecule has 0 aliphatic carbocycles. The van der Waals surface area contributed by atoms with E-state index in [2.05, 4.69) is 4.98 Å². The van der Waals surface area contributed by atoms with Crippen LogP contribution >= 0.6 is 0 Å². The van der Waals surface area contributed by atoms with Crippen LogP contribution in [0.5, 0.6) is 0 Å². The van der Waals surface area contributed by atoms with Gasteiger partial charge in [-0.25, -0.2) is 4.79 Å². The lowest BCUT2D eigenvalue weighted by Crippen LogP contribution is -2.60. The van der Waals surface area contributed by atoms with Crippen LogP contribution in [-0.4, -0.2) is 57.6 Å². The van der Waals surface area contributed by atoms with Crippen molar-refractivity contribution < 1.29 is 14.3 Å². The SMILES string of the molecule is C[C@@H]1CN(C(=O)c2cccnc2)C[C@H](C)N1C(=O)OC(C)(C)C. The highest BCUT2D eigenvalue weighted by atomic mass is 16.6. The molecule has 1 saturated heterocycles. The summed E-state index contributed by atoms with van der Waals surface area (Å²) in [6.45, 7) is 10.4. The van der Waals surface area contributed by atoms with Gasteiger partial charge in [0.1, 0.15) is 5.60 Å². The first-order valence-electron chi connectivity index (χ1n) is 7.89. The molecule has 126 valence electrons. The van der Waals surface area contributed by atoms with Crippen LogP contribution in [0.4, 0.5) is 4.79 Å². The second kappa shape index (κ2) is 6.56. The summed E-state index contributed by atoms with van der Waals surface area (Å²) in [5.74, 6) is -0.0550. The molecule has 1 fully saturated rings. The summed E-state index contributed by atoms with van der Waals surface area (Å²) in [6.07, 6.45) is 2.88. The number of aromatic nitrogens is 1. The van der Waals surface area contributed by atoms with Crippen LogP contribution in [0.15, 0.2) is 24.5 Å². The number of pyridine rings is 1. The van der Waals surface area contributed by atoms with Crippen LogP contribution in [0.1, 0.15) is 45.0 Å². The molecule has 1 aromatic heterocycles. The third-order valence-electron chi connectivity index (χ3n) is 3.72. The third kappa shape index (κ3) is 4.21. The van der Waals surface area contributed by atoms with E-state index in [1.165, 1.54) is 0 Å². The van der Waals surface area contributed by atoms with E-state index in [-0.39, 0.29) is 24.1 Å². The van der Waals surface area contributed by atoms with Crippen LogP contribution in [0, 0.1) is 0 Å². The molecule has 1 aliphatic heterocycles. The number of carbonyl (C=O) groups excluding carboxylic acids is 2. The standard InChI is InChI=1S/C17H25N3O3/c1-12-10-19(15(21)14-7-6-8-18-9-14)11-13(2)20(12)16(22)23-17(3,4)5/h6-9,12-13H,10-11H2,1-5H3/t12-,13+. The maximum Gasteiger partial charge on any atom is 0.410 e. The van der Waals surface area contributed by atoms with Gasteiger partial charge < -0.3 is 9.64 Å². The fourth-order valence-corrected chi connectivity index (χ4v) is 2.83. The minimum Gasteiger partial charge on any atom is -0.444 e. The Bertz CT molecular complexity index is 556. The molecule has 0 radical (unpaired) electrons. The van der Waals surface area contributed by atoms with E-state index < -0.39 is 5.60 Å². The lowest BCUT2D eigenvalue weighted by atomic mass is 10.1. The van der Waals surface area contributed by atoms with Gasteiger partial charge in [0.2, 0.25) is 0 Å². The number of nitrogens with zero attached hydrogens (tertiary/aromatic N) is 3. The third-order valence-corrected chi connectivity index (χ3v) is 3.72. The maximum atomic E-state index is 12.5. The largest absolute Gasteiger partial charge is 0.444 e. The predicted octanol–water partition coefficient (Wildman–Crippen LogP) is 2.55. The lowest BCUT2D eigenvalue weighted by Gasteiger charge is -2.44. The first-order chi connectivity index (χ1) is 10.7. The van der Waals surface area contributed by atoms with Gasteiger partial charge in [-0.15, -0.1) is 0 Å². The highest BCUT2D eigenvalue weighted by molar-refractivity contribution is 5.94. The molecular formula is C17H25N3O3. The topological polar surface area (TPSA) is 62.7 Å². The molecule has 23 heavy (non-hydrogen) atoms. The number of hydrogen-bond donors (Lipinski definition) is 0. The van der Waals surface area contributed by atoms with Crippen LogP contribution in [-0.2, 0) is 4.74 Å². The van der Waals surface area contributed by atoms with E-state index in [9.17, 15) is 9.59 Å². The molecule has 0 bridgehead atoms. The highest BCUT2D eigenvalue weighted by Crippen LogP contribution is 2.21. The summed E-state index contributed by atoms with van der Waals surface area (Å²) in [7, 11) is 0. The first-order valence-corrected chi connectivity index (χ1v) is 7.89. The van der Waals surface area contributed by atoms with Crippen molar-refractivity contribution >= 4 is 12.0 Å². The zero-order valence-electron chi connectivity index (χ0n) is 14.4. The molecule has 1 aromatic rings. The Morgan fingerprint density at radius 1 is 1.22 bits per heavy atom. The average Bonchev–Trinajstić information content (AvgIpc) is 2.44. The van der Waals surface area contributed by atoms with Gasteiger partial charge in [-0.1, -0.05) is 0 Å². The van der Waals surface area contributed by atoms with Crippen molar-refractivity contribution in [3.05, 3.63) is 30.1 Å². The molecule has 1 aliphatic rings. The van der Waals surface area contributed by atoms with E-state index in [0.29, 0.717) is 18.7 Å². The summed E-state index contributed by atoms with van der Waals surface area (Å²) in [5, 5.41) is 0. The molecular weight excluding hydrogens is 294 g/mol. The zero-order valence-corrected chi connectivity index (χ0v) is 14.4. The molecule has 2 atom stereocenters. The molecule has 6 nitrogen and oxygen atoms in total. The normalized spacial score (nSPS) is 22.0. The molecule has 2 amide bonds. The fourth-order valence-electron chi connectivity index (χ4n) is 2.83. The van der Waals surface area contributed by atoms with Crippen molar-refractivity contribution in [3.8, 4) is 0 Å². The van der Waals surface area contributed by atoms with Gasteiger partial charge in [0.25, 0.3) is 5.91 Å². The van der Waals surface area contributed by atoms with Gasteiger partial charge in [-0.3, -0.25) is 14.7 Å². The van der Waals surface area contributed by atoms with Gasteiger partial charge in [-0.2, -0.15) is 0 Å². The summed E-state index contributed by atoms with van der Waals surface area (Å²) in [6, 6.07) is 3.30. The van der Waals surface area contributed by atoms with Crippen LogP contribution in [0.2, 0.25) is 0 Å². The second-order valence-electron chi connectivity index (χ2n) is 7.04. The summed E-state index contributed by atoms with van der Waals surface area (Å²) in [5.41, 5.74) is 0.0387. The molecule has 0 spiro atoms. The number of rotatable bonds is 1. The summed E-state index contributed by atoms with van der Waals surface area (Å²) >= 11 is 0. The Morgan fingerprint density at radius 3 is 2.30 bits per heavy atom. The van der Waals surface area contributed by atoms with Crippen molar-refractivity contribution in [2.24, 2.45) is 0 Å². The van der Waals surface area contributed by atoms with Gasteiger partial charge >= 0.3 is 6.09 Å². The zero-order chi connectivity index (χ0) is 17.2. The number of hydrogen-bond acceptors (Lipinski definition) is 4. The number of amides is 2. The van der Waals surface area contributed by atoms with Crippen molar-refractivity contribution in [3.63, 3.8) is 0 Å². The summed E-state index contributed by atoms with van der Waals surface area (Å²) in [4.78, 5) is 32.4. The van der Waals surface area contributed by atoms with Crippen LogP contribution in [0.3, 0.4) is 0 Å². The minimum absolute atomic E-state index is 0.0550. The quantitative estimate of drug-likeness (QED) is 0.798. The van der Waals surface area contributed by atoms with E-state index in [1.54, 1.807) is 34.3 Å². The van der Waals surface area contributed by atoms with Gasteiger partial charge in [0, 0.05) is 25.5 Å². The van der Waals surface area contributed by atoms with Gasteiger partial charge in [-0.05, 0) is 46.8 Å². The second-order valence-corrected chi connectivity index (χ2v) is 7.04. The summed E-state index contributed by atoms with van der Waals surface area (Å²) < 4.78 is 5.47. The van der Waals surface area contributed by atoms with Crippen LogP contribution < -0.4 is 0 Å². The van der Waals surface area contributed by atoms with Gasteiger partial charge in [0.15, 0.2) is 0 Å². The molecule has 0 unspecified atom stereocenters. The molecule has 0 aromatic carbocycles. The van der Waals surface area contributed by atoms with Crippen LogP contribution in [0.25, 0.3) is 0 Å². The maximum absolute atomic E-state index is 12.5. The van der Waals surface area contributed by atoms with Crippen molar-refractivity contribution in [2.45, 2.75) is 52.3 Å². The average molecular weight is 319 g/mol. The Labute approximate surface area is 137 Å². The monoisotopic (exact) mass is 319 g/mol. The molecule has 6 heteroatoms. The van der Waals surface area contributed by atoms with E-state index in [1.807, 2.05) is 34.6 Å². The number of ether oxygens (including phenoxy) is 1. The van der Waals surface area contributed by atoms with E-state index >= 15 is 0 Å². The Kier molecular flexibility index (Phi) is 4.92. The highest BCUT2D eigenvalue weighted by Gasteiger charge is 2.37. The molecule has 0 saturated carbocycles. The van der Waals surface area contributed by atoms with Crippen molar-refractivity contribution in [2.75, 3.05) is 13.1 Å². The van der Waals surface area contributed by atoms with Crippen molar-refractivity contribution in [1.82, 2.24) is 14.8 Å². The predicted molar refractivity (Wildman–Crippen MR) is 87.1 cm³/mol. The Hall–Kier alpha value is -2.11.